The lowest BCUT2D eigenvalue weighted by Gasteiger charge is -2.13. The highest BCUT2D eigenvalue weighted by Gasteiger charge is 2.12. The van der Waals surface area contributed by atoms with Gasteiger partial charge in [-0.05, 0) is 25.7 Å². The number of hydrogen-bond donors (Lipinski definition) is 1. The van der Waals surface area contributed by atoms with Gasteiger partial charge in [-0.25, -0.2) is 9.78 Å². The Morgan fingerprint density at radius 3 is 2.76 bits per heavy atom. The van der Waals surface area contributed by atoms with Crippen LogP contribution in [0.1, 0.15) is 44.1 Å². The summed E-state index contributed by atoms with van der Waals surface area (Å²) in [5, 5.41) is 5.79. The molecule has 0 spiro atoms. The van der Waals surface area contributed by atoms with Gasteiger partial charge in [0.2, 0.25) is 0 Å². The average Bonchev–Trinajstić information content (AvgIpc) is 2.73. The number of methoxy groups -OCH3 is 1. The molecule has 0 saturated carbocycles. The number of esters is 1. The van der Waals surface area contributed by atoms with E-state index < -0.39 is 0 Å². The summed E-state index contributed by atoms with van der Waals surface area (Å²) in [6, 6.07) is 0.369. The van der Waals surface area contributed by atoms with E-state index in [0.717, 1.165) is 11.6 Å². The van der Waals surface area contributed by atoms with Crippen LogP contribution in [0.3, 0.4) is 0 Å². The minimum atomic E-state index is -0.385. The molecule has 5 heteroatoms. The quantitative estimate of drug-likeness (QED) is 0.794. The molecule has 0 fully saturated rings. The molecule has 96 valence electrons. The molecule has 0 bridgehead atoms. The van der Waals surface area contributed by atoms with Crippen LogP contribution in [0.2, 0.25) is 0 Å². The molecule has 0 aromatic carbocycles. The average molecular weight is 256 g/mol. The third kappa shape index (κ3) is 4.73. The summed E-state index contributed by atoms with van der Waals surface area (Å²) in [4.78, 5) is 15.4. The number of nitrogens with zero attached hydrogens (tertiary/aromatic N) is 1. The minimum absolute atomic E-state index is 0.369. The molecule has 0 amide bonds. The van der Waals surface area contributed by atoms with Gasteiger partial charge in [0.05, 0.1) is 7.11 Å². The highest BCUT2D eigenvalue weighted by Crippen LogP contribution is 2.18. The SMILES string of the molecule is COC(=O)c1csc(NC(C)CCC(C)C)n1. The maximum atomic E-state index is 11.2. The van der Waals surface area contributed by atoms with Crippen molar-refractivity contribution in [3.63, 3.8) is 0 Å². The lowest BCUT2D eigenvalue weighted by atomic mass is 10.0. The maximum Gasteiger partial charge on any atom is 0.357 e. The van der Waals surface area contributed by atoms with E-state index in [1.54, 1.807) is 5.38 Å². The summed E-state index contributed by atoms with van der Waals surface area (Å²) in [6.45, 7) is 6.55. The number of ether oxygens (including phenoxy) is 1. The summed E-state index contributed by atoms with van der Waals surface area (Å²) < 4.78 is 4.61. The van der Waals surface area contributed by atoms with E-state index in [9.17, 15) is 4.79 Å². The topological polar surface area (TPSA) is 51.2 Å². The Morgan fingerprint density at radius 1 is 1.47 bits per heavy atom. The van der Waals surface area contributed by atoms with E-state index in [1.165, 1.54) is 24.9 Å². The number of anilines is 1. The predicted octanol–water partition coefficient (Wildman–Crippen LogP) is 3.17. The van der Waals surface area contributed by atoms with E-state index in [0.29, 0.717) is 17.7 Å². The molecule has 1 rings (SSSR count). The van der Waals surface area contributed by atoms with Crippen LogP contribution >= 0.6 is 11.3 Å². The Kier molecular flexibility index (Phi) is 5.41. The minimum Gasteiger partial charge on any atom is -0.464 e. The van der Waals surface area contributed by atoms with Crippen molar-refractivity contribution >= 4 is 22.4 Å². The molecule has 1 atom stereocenters. The fraction of sp³-hybridized carbons (Fsp3) is 0.667. The number of hydrogen-bond acceptors (Lipinski definition) is 5. The Bertz CT molecular complexity index is 363. The van der Waals surface area contributed by atoms with Gasteiger partial charge in [0.15, 0.2) is 10.8 Å². The molecule has 0 aliphatic carbocycles. The zero-order chi connectivity index (χ0) is 12.8. The van der Waals surface area contributed by atoms with Crippen molar-refractivity contribution in [3.05, 3.63) is 11.1 Å². The van der Waals surface area contributed by atoms with Crippen molar-refractivity contribution < 1.29 is 9.53 Å². The van der Waals surface area contributed by atoms with Crippen molar-refractivity contribution in [2.75, 3.05) is 12.4 Å². The summed E-state index contributed by atoms with van der Waals surface area (Å²) in [5.41, 5.74) is 0.371. The van der Waals surface area contributed by atoms with Crippen molar-refractivity contribution in [2.45, 2.75) is 39.7 Å². The molecule has 1 aromatic rings. The van der Waals surface area contributed by atoms with Crippen LogP contribution < -0.4 is 5.32 Å². The normalized spacial score (nSPS) is 12.5. The van der Waals surface area contributed by atoms with Gasteiger partial charge in [-0.15, -0.1) is 11.3 Å². The van der Waals surface area contributed by atoms with Crippen LogP contribution in [0.4, 0.5) is 5.13 Å². The third-order valence-corrected chi connectivity index (χ3v) is 3.22. The number of rotatable bonds is 6. The standard InChI is InChI=1S/C12H20N2O2S/c1-8(2)5-6-9(3)13-12-14-10(7-17-12)11(15)16-4/h7-9H,5-6H2,1-4H3,(H,13,14). The molecule has 4 nitrogen and oxygen atoms in total. The molecule has 1 aromatic heterocycles. The predicted molar refractivity (Wildman–Crippen MR) is 70.6 cm³/mol. The maximum absolute atomic E-state index is 11.2. The van der Waals surface area contributed by atoms with E-state index in [1.807, 2.05) is 0 Å². The first-order valence-electron chi connectivity index (χ1n) is 5.83. The van der Waals surface area contributed by atoms with Gasteiger partial charge >= 0.3 is 5.97 Å². The fourth-order valence-corrected chi connectivity index (χ4v) is 2.20. The van der Waals surface area contributed by atoms with Crippen molar-refractivity contribution in [2.24, 2.45) is 5.92 Å². The largest absolute Gasteiger partial charge is 0.464 e. The van der Waals surface area contributed by atoms with E-state index in [-0.39, 0.29) is 5.97 Å². The van der Waals surface area contributed by atoms with Crippen molar-refractivity contribution in [1.29, 1.82) is 0 Å². The monoisotopic (exact) mass is 256 g/mol. The van der Waals surface area contributed by atoms with E-state index in [2.05, 4.69) is 35.8 Å². The molecule has 0 aliphatic heterocycles. The number of nitrogens with one attached hydrogen (secondary N) is 1. The first-order chi connectivity index (χ1) is 8.02. The molecule has 0 aliphatic rings. The van der Waals surface area contributed by atoms with E-state index in [4.69, 9.17) is 0 Å². The summed E-state index contributed by atoms with van der Waals surface area (Å²) in [6.07, 6.45) is 2.29. The molecule has 1 heterocycles. The van der Waals surface area contributed by atoms with E-state index >= 15 is 0 Å². The first kappa shape index (κ1) is 14.0. The van der Waals surface area contributed by atoms with Gasteiger partial charge in [-0.1, -0.05) is 13.8 Å². The Morgan fingerprint density at radius 2 is 2.18 bits per heavy atom. The number of carbonyl (C=O) groups excluding carboxylic acids is 1. The van der Waals surface area contributed by atoms with Crippen LogP contribution in [0.15, 0.2) is 5.38 Å². The van der Waals surface area contributed by atoms with Gasteiger partial charge in [-0.2, -0.15) is 0 Å². The van der Waals surface area contributed by atoms with Crippen LogP contribution in [0.5, 0.6) is 0 Å². The van der Waals surface area contributed by atoms with Crippen LogP contribution in [0.25, 0.3) is 0 Å². The molecular weight excluding hydrogens is 236 g/mol. The molecule has 1 unspecified atom stereocenters. The molecule has 17 heavy (non-hydrogen) atoms. The zero-order valence-corrected chi connectivity index (χ0v) is 11.6. The summed E-state index contributed by atoms with van der Waals surface area (Å²) in [7, 11) is 1.36. The second kappa shape index (κ2) is 6.59. The lowest BCUT2D eigenvalue weighted by Crippen LogP contribution is -2.15. The third-order valence-electron chi connectivity index (χ3n) is 2.45. The molecular formula is C12H20N2O2S. The second-order valence-electron chi connectivity index (χ2n) is 4.55. The number of thiazole rings is 1. The summed E-state index contributed by atoms with van der Waals surface area (Å²) in [5.74, 6) is 0.324. The number of carbonyl (C=O) groups is 1. The van der Waals surface area contributed by atoms with Crippen LogP contribution in [0, 0.1) is 5.92 Å². The van der Waals surface area contributed by atoms with Gasteiger partial charge in [0, 0.05) is 11.4 Å². The highest BCUT2D eigenvalue weighted by molar-refractivity contribution is 7.13. The van der Waals surface area contributed by atoms with Crippen molar-refractivity contribution in [3.8, 4) is 0 Å². The molecule has 0 saturated heterocycles. The first-order valence-corrected chi connectivity index (χ1v) is 6.71. The van der Waals surface area contributed by atoms with Crippen LogP contribution in [-0.4, -0.2) is 24.1 Å². The van der Waals surface area contributed by atoms with Crippen molar-refractivity contribution in [1.82, 2.24) is 4.98 Å². The van der Waals surface area contributed by atoms with Gasteiger partial charge in [0.25, 0.3) is 0 Å². The fourth-order valence-electron chi connectivity index (χ4n) is 1.40. The molecule has 0 radical (unpaired) electrons. The van der Waals surface area contributed by atoms with Gasteiger partial charge in [-0.3, -0.25) is 0 Å². The van der Waals surface area contributed by atoms with Crippen LogP contribution in [-0.2, 0) is 4.74 Å². The highest BCUT2D eigenvalue weighted by atomic mass is 32.1. The second-order valence-corrected chi connectivity index (χ2v) is 5.40. The van der Waals surface area contributed by atoms with Gasteiger partial charge in [0.1, 0.15) is 0 Å². The smallest absolute Gasteiger partial charge is 0.357 e. The zero-order valence-electron chi connectivity index (χ0n) is 10.8. The lowest BCUT2D eigenvalue weighted by molar-refractivity contribution is 0.0595. The Hall–Kier alpha value is -1.10. The Balaban J connectivity index is 2.46. The molecule has 1 N–H and O–H groups in total. The summed E-state index contributed by atoms with van der Waals surface area (Å²) >= 11 is 1.43. The Labute approximate surface area is 106 Å². The number of aromatic nitrogens is 1. The van der Waals surface area contributed by atoms with Gasteiger partial charge < -0.3 is 10.1 Å².